The molecule has 3 heterocycles. The molecule has 0 aliphatic carbocycles. The SMILES string of the molecule is CC(C)CN(CC(O)C(Cc1ccccc1)NC(=O)OCc1cncs1)S(=O)(=O)c1ccc2nc(N(C)C(=O)C3CCCN(C)C3)oc2c1. The third kappa shape index (κ3) is 9.42. The highest BCUT2D eigenvalue weighted by Gasteiger charge is 2.33. The molecule has 2 aromatic carbocycles. The first-order valence-corrected chi connectivity index (χ1v) is 18.6. The summed E-state index contributed by atoms with van der Waals surface area (Å²) in [7, 11) is -0.559. The van der Waals surface area contributed by atoms with E-state index in [9.17, 15) is 23.1 Å². The van der Waals surface area contributed by atoms with Crippen LogP contribution in [-0.2, 0) is 32.6 Å². The van der Waals surface area contributed by atoms with Gasteiger partial charge in [0.05, 0.1) is 33.3 Å². The second kappa shape index (κ2) is 16.2. The minimum atomic E-state index is -4.16. The predicted molar refractivity (Wildman–Crippen MR) is 187 cm³/mol. The van der Waals surface area contributed by atoms with Crippen LogP contribution < -0.4 is 10.2 Å². The lowest BCUT2D eigenvalue weighted by atomic mass is 9.97. The fourth-order valence-electron chi connectivity index (χ4n) is 5.89. The van der Waals surface area contributed by atoms with E-state index >= 15 is 0 Å². The highest BCUT2D eigenvalue weighted by atomic mass is 32.2. The number of nitrogens with zero attached hydrogens (tertiary/aromatic N) is 5. The van der Waals surface area contributed by atoms with Crippen LogP contribution in [-0.4, -0.2) is 97.1 Å². The molecular weight excluding hydrogens is 669 g/mol. The van der Waals surface area contributed by atoms with Gasteiger partial charge in [0.15, 0.2) is 5.58 Å². The fraction of sp³-hybridized carbons (Fsp3) is 0.471. The van der Waals surface area contributed by atoms with Gasteiger partial charge in [-0.1, -0.05) is 44.2 Å². The van der Waals surface area contributed by atoms with Crippen molar-refractivity contribution in [2.45, 2.75) is 56.8 Å². The van der Waals surface area contributed by atoms with Crippen molar-refractivity contribution in [3.05, 3.63) is 70.7 Å². The van der Waals surface area contributed by atoms with E-state index in [-0.39, 0.29) is 60.4 Å². The number of nitrogens with one attached hydrogen (secondary N) is 1. The van der Waals surface area contributed by atoms with Crippen LogP contribution in [0.5, 0.6) is 0 Å². The Balaban J connectivity index is 1.34. The number of benzene rings is 2. The Labute approximate surface area is 290 Å². The van der Waals surface area contributed by atoms with Crippen molar-refractivity contribution in [2.75, 3.05) is 45.2 Å². The number of hydrogen-bond donors (Lipinski definition) is 2. The van der Waals surface area contributed by atoms with Crippen LogP contribution in [0.4, 0.5) is 10.8 Å². The van der Waals surface area contributed by atoms with Crippen LogP contribution in [0.15, 0.2) is 69.6 Å². The highest BCUT2D eigenvalue weighted by Crippen LogP contribution is 2.28. The largest absolute Gasteiger partial charge is 0.444 e. The van der Waals surface area contributed by atoms with Gasteiger partial charge in [-0.3, -0.25) is 14.7 Å². The maximum atomic E-state index is 14.1. The lowest BCUT2D eigenvalue weighted by Gasteiger charge is -2.30. The zero-order chi connectivity index (χ0) is 35.1. The average molecular weight is 713 g/mol. The van der Waals surface area contributed by atoms with Crippen molar-refractivity contribution in [2.24, 2.45) is 11.8 Å². The van der Waals surface area contributed by atoms with Gasteiger partial charge in [0, 0.05) is 38.9 Å². The van der Waals surface area contributed by atoms with Gasteiger partial charge in [-0.15, -0.1) is 11.3 Å². The molecule has 1 aliphatic rings. The first-order valence-electron chi connectivity index (χ1n) is 16.3. The molecule has 15 heteroatoms. The maximum absolute atomic E-state index is 14.1. The number of aromatic nitrogens is 2. The number of anilines is 1. The molecule has 49 heavy (non-hydrogen) atoms. The van der Waals surface area contributed by atoms with Gasteiger partial charge in [-0.25, -0.2) is 13.2 Å². The summed E-state index contributed by atoms with van der Waals surface area (Å²) in [6.45, 7) is 5.21. The van der Waals surface area contributed by atoms with Crippen LogP contribution in [0.25, 0.3) is 11.1 Å². The molecule has 264 valence electrons. The van der Waals surface area contributed by atoms with Gasteiger partial charge in [0.1, 0.15) is 12.1 Å². The van der Waals surface area contributed by atoms with Crippen molar-refractivity contribution < 1.29 is 32.3 Å². The number of carbonyl (C=O) groups is 2. The number of carbonyl (C=O) groups excluding carboxylic acids is 2. The van der Waals surface area contributed by atoms with Crippen LogP contribution in [0.2, 0.25) is 0 Å². The van der Waals surface area contributed by atoms with Gasteiger partial charge >= 0.3 is 12.1 Å². The van der Waals surface area contributed by atoms with E-state index in [0.29, 0.717) is 12.1 Å². The molecule has 0 radical (unpaired) electrons. The van der Waals surface area contributed by atoms with Crippen LogP contribution in [0.3, 0.4) is 0 Å². The van der Waals surface area contributed by atoms with E-state index in [1.807, 2.05) is 51.2 Å². The Morgan fingerprint density at radius 3 is 2.65 bits per heavy atom. The minimum Gasteiger partial charge on any atom is -0.444 e. The summed E-state index contributed by atoms with van der Waals surface area (Å²) >= 11 is 1.35. The number of aliphatic hydroxyl groups excluding tert-OH is 1. The van der Waals surface area contributed by atoms with Gasteiger partial charge in [0.2, 0.25) is 15.9 Å². The number of piperidine rings is 1. The second-order valence-electron chi connectivity index (χ2n) is 12.9. The smallest absolute Gasteiger partial charge is 0.407 e. The number of thiazole rings is 1. The van der Waals surface area contributed by atoms with Crippen molar-refractivity contribution in [1.82, 2.24) is 24.5 Å². The molecule has 2 N–H and O–H groups in total. The number of rotatable bonds is 14. The third-order valence-corrected chi connectivity index (χ3v) is 11.0. The summed E-state index contributed by atoms with van der Waals surface area (Å²) in [5, 5.41) is 14.3. The van der Waals surface area contributed by atoms with E-state index < -0.39 is 28.3 Å². The van der Waals surface area contributed by atoms with E-state index in [1.54, 1.807) is 24.8 Å². The standard InChI is InChI=1S/C34H44N6O7S2/c1-23(2)18-40(20-30(41)29(15-24-9-6-5-7-10-24)37-34(43)46-21-26-17-35-22-48-26)49(44,45)27-12-13-28-31(16-27)47-33(36-28)39(4)32(42)25-11-8-14-38(3)19-25/h5-7,9-10,12-13,16-17,22-23,25,29-30,41H,8,11,14-15,18-21H2,1-4H3,(H,37,43). The number of aliphatic hydroxyl groups is 1. The summed E-state index contributed by atoms with van der Waals surface area (Å²) < 4.78 is 40.8. The Morgan fingerprint density at radius 2 is 1.96 bits per heavy atom. The summed E-state index contributed by atoms with van der Waals surface area (Å²) in [4.78, 5) is 38.7. The zero-order valence-electron chi connectivity index (χ0n) is 28.2. The number of ether oxygens (including phenoxy) is 1. The molecule has 0 spiro atoms. The number of fused-ring (bicyclic) bond motifs is 1. The Bertz CT molecular complexity index is 1800. The van der Waals surface area contributed by atoms with Gasteiger partial charge in [0.25, 0.3) is 0 Å². The lowest BCUT2D eigenvalue weighted by molar-refractivity contribution is -0.123. The van der Waals surface area contributed by atoms with Gasteiger partial charge < -0.3 is 24.5 Å². The first kappa shape index (κ1) is 36.4. The third-order valence-electron chi connectivity index (χ3n) is 8.43. The van der Waals surface area contributed by atoms with Crippen molar-refractivity contribution in [3.8, 4) is 0 Å². The lowest BCUT2D eigenvalue weighted by Crippen LogP contribution is -2.51. The van der Waals surface area contributed by atoms with Crippen LogP contribution in [0.1, 0.15) is 37.1 Å². The molecule has 2 amide bonds. The molecule has 1 fully saturated rings. The monoisotopic (exact) mass is 712 g/mol. The topological polar surface area (TPSA) is 158 Å². The maximum Gasteiger partial charge on any atom is 0.407 e. The average Bonchev–Trinajstić information content (AvgIpc) is 3.76. The van der Waals surface area contributed by atoms with Gasteiger partial charge in [-0.2, -0.15) is 9.29 Å². The molecule has 1 aliphatic heterocycles. The van der Waals surface area contributed by atoms with E-state index in [1.165, 1.54) is 32.7 Å². The number of amides is 2. The molecular formula is C34H44N6O7S2. The highest BCUT2D eigenvalue weighted by molar-refractivity contribution is 7.89. The van der Waals surface area contributed by atoms with E-state index in [0.717, 1.165) is 29.8 Å². The summed E-state index contributed by atoms with van der Waals surface area (Å²) in [6, 6.07) is 12.9. The quantitative estimate of drug-likeness (QED) is 0.195. The van der Waals surface area contributed by atoms with E-state index in [4.69, 9.17) is 9.15 Å². The number of oxazole rings is 1. The Morgan fingerprint density at radius 1 is 1.18 bits per heavy atom. The Kier molecular flexibility index (Phi) is 12.0. The van der Waals surface area contributed by atoms with Crippen molar-refractivity contribution >= 4 is 50.5 Å². The molecule has 3 unspecified atom stereocenters. The molecule has 1 saturated heterocycles. The van der Waals surface area contributed by atoms with Crippen molar-refractivity contribution in [1.29, 1.82) is 0 Å². The normalized spacial score (nSPS) is 16.9. The fourth-order valence-corrected chi connectivity index (χ4v) is 8.03. The molecule has 13 nitrogen and oxygen atoms in total. The number of alkyl carbamates (subject to hydrolysis) is 1. The van der Waals surface area contributed by atoms with Crippen molar-refractivity contribution in [3.63, 3.8) is 0 Å². The molecule has 3 atom stereocenters. The minimum absolute atomic E-state index is 0.0201. The number of hydrogen-bond acceptors (Lipinski definition) is 11. The molecule has 0 saturated carbocycles. The molecule has 5 rings (SSSR count). The van der Waals surface area contributed by atoms with Gasteiger partial charge in [-0.05, 0) is 56.5 Å². The van der Waals surface area contributed by atoms with E-state index in [2.05, 4.69) is 20.2 Å². The Hall–Kier alpha value is -3.89. The molecule has 2 aromatic heterocycles. The molecule has 4 aromatic rings. The summed E-state index contributed by atoms with van der Waals surface area (Å²) in [5.41, 5.74) is 3.11. The second-order valence-corrected chi connectivity index (χ2v) is 15.8. The van der Waals surface area contributed by atoms with Crippen LogP contribution in [0, 0.1) is 11.8 Å². The summed E-state index contributed by atoms with van der Waals surface area (Å²) in [5.74, 6) is -0.355. The number of sulfonamides is 1. The summed E-state index contributed by atoms with van der Waals surface area (Å²) in [6.07, 6.45) is 1.53. The predicted octanol–water partition coefficient (Wildman–Crippen LogP) is 4.13. The first-order chi connectivity index (χ1) is 23.4. The molecule has 0 bridgehead atoms. The zero-order valence-corrected chi connectivity index (χ0v) is 29.8. The van der Waals surface area contributed by atoms with Crippen LogP contribution >= 0.6 is 11.3 Å². The number of likely N-dealkylation sites (tertiary alicyclic amines) is 1.